The summed E-state index contributed by atoms with van der Waals surface area (Å²) >= 11 is 0. The zero-order chi connectivity index (χ0) is 42.4. The van der Waals surface area contributed by atoms with Crippen LogP contribution in [0, 0.1) is 5.92 Å². The van der Waals surface area contributed by atoms with Crippen molar-refractivity contribution in [2.45, 2.75) is 297 Å². The van der Waals surface area contributed by atoms with Crippen LogP contribution in [0.3, 0.4) is 0 Å². The molecule has 6 heteroatoms. The van der Waals surface area contributed by atoms with Crippen LogP contribution in [0.2, 0.25) is 0 Å². The van der Waals surface area contributed by atoms with Crippen molar-refractivity contribution < 1.29 is 28.6 Å². The standard InChI is InChI=1S/C52H100O6/c1-5-7-9-11-13-14-15-16-17-18-19-22-26-29-33-37-41-45-52(55)58-49(46-56-50(53)43-39-35-30-12-10-8-6-2)47-57-51(54)44-40-36-32-28-25-23-20-21-24-27-31-34-38-42-48(3)4/h48-49H,5-47H2,1-4H3/t49-/m1/s1. The molecule has 0 heterocycles. The van der Waals surface area contributed by atoms with Gasteiger partial charge in [-0.3, -0.25) is 14.4 Å². The molecule has 0 aliphatic carbocycles. The first-order valence-electron chi connectivity index (χ1n) is 25.9. The van der Waals surface area contributed by atoms with Crippen molar-refractivity contribution in [2.75, 3.05) is 13.2 Å². The van der Waals surface area contributed by atoms with E-state index in [1.807, 2.05) is 0 Å². The summed E-state index contributed by atoms with van der Waals surface area (Å²) in [5, 5.41) is 0. The number of unbranched alkanes of at least 4 members (excludes halogenated alkanes) is 34. The van der Waals surface area contributed by atoms with Crippen molar-refractivity contribution in [1.82, 2.24) is 0 Å². The van der Waals surface area contributed by atoms with Gasteiger partial charge in [-0.2, -0.15) is 0 Å². The fraction of sp³-hybridized carbons (Fsp3) is 0.942. The first-order valence-corrected chi connectivity index (χ1v) is 25.9. The van der Waals surface area contributed by atoms with Crippen molar-refractivity contribution in [2.24, 2.45) is 5.92 Å². The summed E-state index contributed by atoms with van der Waals surface area (Å²) in [5.41, 5.74) is 0. The van der Waals surface area contributed by atoms with Crippen LogP contribution in [0.5, 0.6) is 0 Å². The molecule has 0 amide bonds. The van der Waals surface area contributed by atoms with Gasteiger partial charge in [0.2, 0.25) is 0 Å². The Morgan fingerprint density at radius 2 is 0.569 bits per heavy atom. The molecule has 0 aliphatic heterocycles. The van der Waals surface area contributed by atoms with E-state index in [1.165, 1.54) is 186 Å². The molecular formula is C52H100O6. The number of esters is 3. The molecule has 0 aromatic carbocycles. The van der Waals surface area contributed by atoms with Gasteiger partial charge in [0.1, 0.15) is 13.2 Å². The molecule has 0 spiro atoms. The van der Waals surface area contributed by atoms with Gasteiger partial charge < -0.3 is 14.2 Å². The number of ether oxygens (including phenoxy) is 3. The molecule has 0 saturated heterocycles. The van der Waals surface area contributed by atoms with Crippen LogP contribution in [0.4, 0.5) is 0 Å². The van der Waals surface area contributed by atoms with Gasteiger partial charge in [0, 0.05) is 19.3 Å². The maximum absolute atomic E-state index is 12.8. The van der Waals surface area contributed by atoms with Crippen molar-refractivity contribution in [3.05, 3.63) is 0 Å². The Balaban J connectivity index is 4.19. The Morgan fingerprint density at radius 1 is 0.328 bits per heavy atom. The largest absolute Gasteiger partial charge is 0.462 e. The first-order chi connectivity index (χ1) is 28.4. The van der Waals surface area contributed by atoms with Crippen LogP contribution in [0.15, 0.2) is 0 Å². The van der Waals surface area contributed by atoms with E-state index in [9.17, 15) is 14.4 Å². The zero-order valence-electron chi connectivity index (χ0n) is 39.5. The van der Waals surface area contributed by atoms with E-state index < -0.39 is 6.10 Å². The topological polar surface area (TPSA) is 78.9 Å². The Kier molecular flexibility index (Phi) is 45.2. The van der Waals surface area contributed by atoms with E-state index in [0.717, 1.165) is 63.7 Å². The quantitative estimate of drug-likeness (QED) is 0.0346. The normalized spacial score (nSPS) is 11.9. The third-order valence-corrected chi connectivity index (χ3v) is 11.8. The van der Waals surface area contributed by atoms with E-state index in [-0.39, 0.29) is 31.1 Å². The highest BCUT2D eigenvalue weighted by Gasteiger charge is 2.19. The predicted octanol–water partition coefficient (Wildman–Crippen LogP) is 16.7. The molecule has 0 fully saturated rings. The average Bonchev–Trinajstić information content (AvgIpc) is 3.21. The van der Waals surface area contributed by atoms with Crippen LogP contribution < -0.4 is 0 Å². The summed E-state index contributed by atoms with van der Waals surface area (Å²) < 4.78 is 16.7. The average molecular weight is 821 g/mol. The lowest BCUT2D eigenvalue weighted by atomic mass is 10.0. The van der Waals surface area contributed by atoms with Gasteiger partial charge in [-0.05, 0) is 25.2 Å². The van der Waals surface area contributed by atoms with Gasteiger partial charge >= 0.3 is 17.9 Å². The predicted molar refractivity (Wildman–Crippen MR) is 247 cm³/mol. The number of rotatable bonds is 47. The monoisotopic (exact) mass is 821 g/mol. The second-order valence-electron chi connectivity index (χ2n) is 18.3. The highest BCUT2D eigenvalue weighted by atomic mass is 16.6. The molecule has 0 radical (unpaired) electrons. The smallest absolute Gasteiger partial charge is 0.306 e. The van der Waals surface area contributed by atoms with E-state index in [2.05, 4.69) is 27.7 Å². The van der Waals surface area contributed by atoms with Crippen LogP contribution in [-0.2, 0) is 28.6 Å². The third-order valence-electron chi connectivity index (χ3n) is 11.8. The molecule has 0 N–H and O–H groups in total. The van der Waals surface area contributed by atoms with Crippen LogP contribution >= 0.6 is 0 Å². The second-order valence-corrected chi connectivity index (χ2v) is 18.3. The fourth-order valence-electron chi connectivity index (χ4n) is 7.86. The maximum Gasteiger partial charge on any atom is 0.306 e. The highest BCUT2D eigenvalue weighted by Crippen LogP contribution is 2.17. The lowest BCUT2D eigenvalue weighted by molar-refractivity contribution is -0.167. The first kappa shape index (κ1) is 56.4. The summed E-state index contributed by atoms with van der Waals surface area (Å²) in [7, 11) is 0. The molecule has 0 rings (SSSR count). The minimum absolute atomic E-state index is 0.0632. The van der Waals surface area contributed by atoms with Crippen LogP contribution in [0.25, 0.3) is 0 Å². The number of carbonyl (C=O) groups excluding carboxylic acids is 3. The van der Waals surface area contributed by atoms with Crippen molar-refractivity contribution in [1.29, 1.82) is 0 Å². The number of hydrogen-bond acceptors (Lipinski definition) is 6. The molecular weight excluding hydrogens is 721 g/mol. The Bertz CT molecular complexity index is 872. The highest BCUT2D eigenvalue weighted by molar-refractivity contribution is 5.71. The van der Waals surface area contributed by atoms with Gasteiger partial charge in [-0.15, -0.1) is 0 Å². The lowest BCUT2D eigenvalue weighted by Gasteiger charge is -2.18. The molecule has 1 atom stereocenters. The van der Waals surface area contributed by atoms with Gasteiger partial charge in [0.15, 0.2) is 6.10 Å². The molecule has 0 aromatic heterocycles. The molecule has 0 aliphatic rings. The van der Waals surface area contributed by atoms with Crippen LogP contribution in [-0.4, -0.2) is 37.2 Å². The summed E-state index contributed by atoms with van der Waals surface area (Å²) in [5.74, 6) is -0.0113. The summed E-state index contributed by atoms with van der Waals surface area (Å²) in [6.45, 7) is 9.00. The Morgan fingerprint density at radius 3 is 0.845 bits per heavy atom. The van der Waals surface area contributed by atoms with Gasteiger partial charge in [-0.25, -0.2) is 0 Å². The number of carbonyl (C=O) groups is 3. The molecule has 58 heavy (non-hydrogen) atoms. The van der Waals surface area contributed by atoms with Gasteiger partial charge in [0.25, 0.3) is 0 Å². The fourth-order valence-corrected chi connectivity index (χ4v) is 7.86. The van der Waals surface area contributed by atoms with E-state index >= 15 is 0 Å². The molecule has 0 bridgehead atoms. The minimum atomic E-state index is -0.759. The lowest BCUT2D eigenvalue weighted by Crippen LogP contribution is -2.30. The Labute approximate surface area is 361 Å². The third kappa shape index (κ3) is 45.5. The van der Waals surface area contributed by atoms with Crippen molar-refractivity contribution in [3.8, 4) is 0 Å². The second kappa shape index (κ2) is 46.5. The van der Waals surface area contributed by atoms with E-state index in [0.29, 0.717) is 19.3 Å². The molecule has 0 saturated carbocycles. The van der Waals surface area contributed by atoms with Crippen molar-refractivity contribution in [3.63, 3.8) is 0 Å². The summed E-state index contributed by atoms with van der Waals surface area (Å²) in [6, 6.07) is 0. The SMILES string of the molecule is CCCCCCCCCCCCCCCCCCCC(=O)O[C@H](COC(=O)CCCCCCCCC)COC(=O)CCCCCCCCCCCCCCCC(C)C. The Hall–Kier alpha value is -1.59. The van der Waals surface area contributed by atoms with Gasteiger partial charge in [-0.1, -0.05) is 252 Å². The summed E-state index contributed by atoms with van der Waals surface area (Å²) in [6.07, 6.45) is 48.2. The number of hydrogen-bond donors (Lipinski definition) is 0. The van der Waals surface area contributed by atoms with Crippen molar-refractivity contribution >= 4 is 17.9 Å². The van der Waals surface area contributed by atoms with Crippen LogP contribution in [0.1, 0.15) is 291 Å². The molecule has 6 nitrogen and oxygen atoms in total. The maximum atomic E-state index is 12.8. The van der Waals surface area contributed by atoms with E-state index in [4.69, 9.17) is 14.2 Å². The molecule has 0 aromatic rings. The summed E-state index contributed by atoms with van der Waals surface area (Å²) in [4.78, 5) is 37.8. The zero-order valence-corrected chi connectivity index (χ0v) is 39.5. The molecule has 0 unspecified atom stereocenters. The minimum Gasteiger partial charge on any atom is -0.462 e. The molecule has 344 valence electrons. The van der Waals surface area contributed by atoms with E-state index in [1.54, 1.807) is 0 Å². The van der Waals surface area contributed by atoms with Gasteiger partial charge in [0.05, 0.1) is 0 Å².